The van der Waals surface area contributed by atoms with Crippen molar-refractivity contribution in [3.05, 3.63) is 58.4 Å². The maximum absolute atomic E-state index is 13.2. The molecule has 0 aliphatic rings. The molecule has 2 rings (SSSR count). The van der Waals surface area contributed by atoms with Crippen molar-refractivity contribution in [3.63, 3.8) is 0 Å². The highest BCUT2D eigenvalue weighted by Gasteiger charge is 2.20. The number of anilines is 1. The molecule has 0 saturated heterocycles. The fraction of sp³-hybridized carbons (Fsp3) is 0. The highest BCUT2D eigenvalue weighted by Crippen LogP contribution is 2.18. The summed E-state index contributed by atoms with van der Waals surface area (Å²) >= 11 is 5.58. The van der Waals surface area contributed by atoms with Crippen LogP contribution in [0.3, 0.4) is 0 Å². The summed E-state index contributed by atoms with van der Waals surface area (Å²) in [5.41, 5.74) is -0.921. The average Bonchev–Trinajstić information content (AvgIpc) is 2.43. The second-order valence-electron chi connectivity index (χ2n) is 3.94. The van der Waals surface area contributed by atoms with Gasteiger partial charge in [-0.05, 0) is 24.3 Å². The lowest BCUT2D eigenvalue weighted by Gasteiger charge is -2.08. The second kappa shape index (κ2) is 5.84. The van der Waals surface area contributed by atoms with Crippen molar-refractivity contribution in [2.24, 2.45) is 0 Å². The van der Waals surface area contributed by atoms with Gasteiger partial charge in [-0.25, -0.2) is 18.6 Å². The molecule has 21 heavy (non-hydrogen) atoms. The van der Waals surface area contributed by atoms with Crippen LogP contribution in [0, 0.1) is 11.6 Å². The molecule has 1 aromatic heterocycles. The van der Waals surface area contributed by atoms with Gasteiger partial charge in [-0.15, -0.1) is 0 Å². The third-order valence-corrected chi connectivity index (χ3v) is 2.74. The van der Waals surface area contributed by atoms with E-state index >= 15 is 0 Å². The van der Waals surface area contributed by atoms with Crippen molar-refractivity contribution in [2.75, 3.05) is 5.32 Å². The van der Waals surface area contributed by atoms with Crippen LogP contribution in [0.2, 0.25) is 5.15 Å². The maximum Gasteiger partial charge on any atom is 0.336 e. The minimum atomic E-state index is -1.55. The van der Waals surface area contributed by atoms with Gasteiger partial charge >= 0.3 is 5.97 Å². The van der Waals surface area contributed by atoms with Crippen LogP contribution < -0.4 is 5.32 Å². The number of carbonyl (C=O) groups excluding carboxylic acids is 1. The minimum absolute atomic E-state index is 0.201. The normalized spacial score (nSPS) is 10.2. The SMILES string of the molecule is O=C(O)c1cc(F)c(F)cc1C(=O)Nc1ccc(Cl)nc1. The smallest absolute Gasteiger partial charge is 0.336 e. The number of carbonyl (C=O) groups is 2. The number of halogens is 3. The lowest BCUT2D eigenvalue weighted by molar-refractivity contribution is 0.0691. The number of benzene rings is 1. The second-order valence-corrected chi connectivity index (χ2v) is 4.33. The Morgan fingerprint density at radius 1 is 1.14 bits per heavy atom. The van der Waals surface area contributed by atoms with Gasteiger partial charge in [0.1, 0.15) is 5.15 Å². The lowest BCUT2D eigenvalue weighted by atomic mass is 10.1. The van der Waals surface area contributed by atoms with Crippen LogP contribution in [-0.2, 0) is 0 Å². The molecular weight excluding hydrogens is 306 g/mol. The number of amides is 1. The van der Waals surface area contributed by atoms with Crippen LogP contribution in [0.15, 0.2) is 30.5 Å². The van der Waals surface area contributed by atoms with Crippen LogP contribution in [-0.4, -0.2) is 22.0 Å². The van der Waals surface area contributed by atoms with E-state index in [0.717, 1.165) is 0 Å². The number of nitrogens with zero attached hydrogens (tertiary/aromatic N) is 1. The van der Waals surface area contributed by atoms with Gasteiger partial charge < -0.3 is 10.4 Å². The topological polar surface area (TPSA) is 79.3 Å². The van der Waals surface area contributed by atoms with Crippen molar-refractivity contribution in [3.8, 4) is 0 Å². The summed E-state index contributed by atoms with van der Waals surface area (Å²) in [7, 11) is 0. The number of hydrogen-bond donors (Lipinski definition) is 2. The number of aromatic carboxylic acids is 1. The third-order valence-electron chi connectivity index (χ3n) is 2.52. The van der Waals surface area contributed by atoms with Gasteiger partial charge in [0.2, 0.25) is 0 Å². The Morgan fingerprint density at radius 3 is 2.29 bits per heavy atom. The highest BCUT2D eigenvalue weighted by molar-refractivity contribution is 6.29. The first-order valence-electron chi connectivity index (χ1n) is 5.53. The van der Waals surface area contributed by atoms with Gasteiger partial charge in [0.05, 0.1) is 23.0 Å². The first-order valence-corrected chi connectivity index (χ1v) is 5.91. The number of carboxylic acid groups (broad SMARTS) is 1. The molecule has 2 N–H and O–H groups in total. The van der Waals surface area contributed by atoms with Crippen molar-refractivity contribution in [2.45, 2.75) is 0 Å². The number of nitrogens with one attached hydrogen (secondary N) is 1. The molecule has 0 saturated carbocycles. The zero-order chi connectivity index (χ0) is 15.6. The molecule has 1 aromatic carbocycles. The summed E-state index contributed by atoms with van der Waals surface area (Å²) < 4.78 is 26.3. The Balaban J connectivity index is 2.36. The quantitative estimate of drug-likeness (QED) is 0.854. The molecule has 1 heterocycles. The maximum atomic E-state index is 13.2. The van der Waals surface area contributed by atoms with E-state index in [4.69, 9.17) is 16.7 Å². The fourth-order valence-corrected chi connectivity index (χ4v) is 1.67. The predicted octanol–water partition coefficient (Wildman–Crippen LogP) is 2.96. The molecule has 0 unspecified atom stereocenters. The standard InChI is InChI=1S/C13H7ClF2N2O3/c14-11-2-1-6(5-17-11)18-12(19)7-3-9(15)10(16)4-8(7)13(20)21/h1-5H,(H,18,19)(H,20,21). The van der Waals surface area contributed by atoms with Crippen LogP contribution in [0.1, 0.15) is 20.7 Å². The minimum Gasteiger partial charge on any atom is -0.478 e. The van der Waals surface area contributed by atoms with Crippen LogP contribution in [0.4, 0.5) is 14.5 Å². The summed E-state index contributed by atoms with van der Waals surface area (Å²) in [6.45, 7) is 0. The first kappa shape index (κ1) is 14.9. The number of carboxylic acids is 1. The van der Waals surface area contributed by atoms with E-state index in [0.29, 0.717) is 12.1 Å². The monoisotopic (exact) mass is 312 g/mol. The van der Waals surface area contributed by atoms with Crippen LogP contribution in [0.5, 0.6) is 0 Å². The lowest BCUT2D eigenvalue weighted by Crippen LogP contribution is -2.17. The van der Waals surface area contributed by atoms with Gasteiger partial charge in [-0.1, -0.05) is 11.6 Å². The summed E-state index contributed by atoms with van der Waals surface area (Å²) in [5, 5.41) is 11.4. The Labute approximate surface area is 122 Å². The summed E-state index contributed by atoms with van der Waals surface area (Å²) in [5.74, 6) is -5.12. The van der Waals surface area contributed by atoms with Crippen molar-refractivity contribution >= 4 is 29.2 Å². The molecule has 108 valence electrons. The molecule has 8 heteroatoms. The summed E-state index contributed by atoms with van der Waals surface area (Å²) in [6.07, 6.45) is 1.24. The molecular formula is C13H7ClF2N2O3. The van der Waals surface area contributed by atoms with E-state index in [2.05, 4.69) is 10.3 Å². The highest BCUT2D eigenvalue weighted by atomic mass is 35.5. The van der Waals surface area contributed by atoms with E-state index in [1.807, 2.05) is 0 Å². The van der Waals surface area contributed by atoms with Gasteiger partial charge in [0, 0.05) is 0 Å². The Morgan fingerprint density at radius 2 is 1.76 bits per heavy atom. The van der Waals surface area contributed by atoms with E-state index in [9.17, 15) is 18.4 Å². The fourth-order valence-electron chi connectivity index (χ4n) is 1.56. The molecule has 0 bridgehead atoms. The Bertz CT molecular complexity index is 720. The van der Waals surface area contributed by atoms with E-state index < -0.39 is 34.6 Å². The van der Waals surface area contributed by atoms with Gasteiger partial charge in [0.15, 0.2) is 11.6 Å². The van der Waals surface area contributed by atoms with Crippen molar-refractivity contribution < 1.29 is 23.5 Å². The molecule has 0 radical (unpaired) electrons. The number of hydrogen-bond acceptors (Lipinski definition) is 3. The first-order chi connectivity index (χ1) is 9.88. The zero-order valence-electron chi connectivity index (χ0n) is 10.2. The number of aromatic nitrogens is 1. The van der Waals surface area contributed by atoms with Crippen LogP contribution >= 0.6 is 11.6 Å². The molecule has 1 amide bonds. The molecule has 0 aliphatic heterocycles. The van der Waals surface area contributed by atoms with Gasteiger partial charge in [-0.3, -0.25) is 4.79 Å². The van der Waals surface area contributed by atoms with Gasteiger partial charge in [-0.2, -0.15) is 0 Å². The third kappa shape index (κ3) is 3.32. The van der Waals surface area contributed by atoms with Crippen molar-refractivity contribution in [1.29, 1.82) is 0 Å². The van der Waals surface area contributed by atoms with Crippen LogP contribution in [0.25, 0.3) is 0 Å². The largest absolute Gasteiger partial charge is 0.478 e. The average molecular weight is 313 g/mol. The Hall–Kier alpha value is -2.54. The van der Waals surface area contributed by atoms with E-state index in [1.54, 1.807) is 0 Å². The zero-order valence-corrected chi connectivity index (χ0v) is 11.0. The van der Waals surface area contributed by atoms with Gasteiger partial charge in [0.25, 0.3) is 5.91 Å². The van der Waals surface area contributed by atoms with E-state index in [-0.39, 0.29) is 10.8 Å². The molecule has 0 atom stereocenters. The molecule has 2 aromatic rings. The predicted molar refractivity (Wildman–Crippen MR) is 70.5 cm³/mol. The summed E-state index contributed by atoms with van der Waals surface area (Å²) in [6, 6.07) is 3.80. The molecule has 0 fully saturated rings. The molecule has 0 spiro atoms. The van der Waals surface area contributed by atoms with E-state index in [1.165, 1.54) is 18.3 Å². The summed E-state index contributed by atoms with van der Waals surface area (Å²) in [4.78, 5) is 26.7. The number of pyridine rings is 1. The van der Waals surface area contributed by atoms with Crippen molar-refractivity contribution in [1.82, 2.24) is 4.98 Å². The molecule has 0 aliphatic carbocycles. The molecule has 5 nitrogen and oxygen atoms in total. The Kier molecular flexibility index (Phi) is 4.13. The number of rotatable bonds is 3.